The lowest BCUT2D eigenvalue weighted by Gasteiger charge is -1.94. The van der Waals surface area contributed by atoms with E-state index in [1.54, 1.807) is 24.1 Å². The van der Waals surface area contributed by atoms with E-state index in [2.05, 4.69) is 20.6 Å². The van der Waals surface area contributed by atoms with Crippen molar-refractivity contribution in [1.82, 2.24) is 14.8 Å². The van der Waals surface area contributed by atoms with Crippen LogP contribution in [0.4, 0.5) is 11.0 Å². The molecule has 130 valence electrons. The molecule has 0 spiro atoms. The van der Waals surface area contributed by atoms with Gasteiger partial charge in [-0.25, -0.2) is 4.98 Å². The average Bonchev–Trinajstić information content (AvgIpc) is 3.32. The van der Waals surface area contributed by atoms with Crippen LogP contribution < -0.4 is 5.43 Å². The van der Waals surface area contributed by atoms with E-state index in [0.717, 1.165) is 10.2 Å². The van der Waals surface area contributed by atoms with Crippen LogP contribution >= 0.6 is 11.3 Å². The number of furan rings is 1. The summed E-state index contributed by atoms with van der Waals surface area (Å²) < 4.78 is 7.87. The fraction of sp³-hybridized carbons (Fsp3) is 0.0625. The highest BCUT2D eigenvalue weighted by Gasteiger charge is 2.17. The van der Waals surface area contributed by atoms with Crippen LogP contribution in [0.3, 0.4) is 0 Å². The Bertz CT molecular complexity index is 1090. The predicted octanol–water partition coefficient (Wildman–Crippen LogP) is 3.64. The van der Waals surface area contributed by atoms with E-state index in [0.29, 0.717) is 22.1 Å². The van der Waals surface area contributed by atoms with Gasteiger partial charge in [-0.3, -0.25) is 20.2 Å². The van der Waals surface area contributed by atoms with Crippen LogP contribution in [0.25, 0.3) is 21.7 Å². The Hall–Kier alpha value is -3.53. The third-order valence-electron chi connectivity index (χ3n) is 3.52. The van der Waals surface area contributed by atoms with Gasteiger partial charge in [-0.2, -0.15) is 10.2 Å². The number of aryl methyl sites for hydroxylation is 1. The number of anilines is 1. The van der Waals surface area contributed by atoms with Crippen molar-refractivity contribution in [3.63, 3.8) is 0 Å². The summed E-state index contributed by atoms with van der Waals surface area (Å²) in [4.78, 5) is 14.6. The van der Waals surface area contributed by atoms with E-state index in [4.69, 9.17) is 4.42 Å². The second kappa shape index (κ2) is 6.41. The molecule has 0 saturated heterocycles. The Morgan fingerprint density at radius 3 is 2.96 bits per heavy atom. The van der Waals surface area contributed by atoms with Crippen molar-refractivity contribution in [1.29, 1.82) is 0 Å². The summed E-state index contributed by atoms with van der Waals surface area (Å²) in [7, 11) is 1.75. The summed E-state index contributed by atoms with van der Waals surface area (Å²) in [5.74, 6) is -0.0279. The number of rotatable bonds is 5. The number of thiazole rings is 1. The van der Waals surface area contributed by atoms with Crippen LogP contribution in [-0.2, 0) is 7.05 Å². The molecule has 4 aromatic rings. The first-order valence-corrected chi connectivity index (χ1v) is 8.35. The van der Waals surface area contributed by atoms with Crippen molar-refractivity contribution in [3.8, 4) is 11.5 Å². The van der Waals surface area contributed by atoms with Gasteiger partial charge in [0.15, 0.2) is 5.76 Å². The van der Waals surface area contributed by atoms with E-state index in [-0.39, 0.29) is 5.88 Å². The number of fused-ring (bicyclic) bond motifs is 1. The molecule has 10 heteroatoms. The van der Waals surface area contributed by atoms with Crippen LogP contribution in [0.5, 0.6) is 0 Å². The minimum absolute atomic E-state index is 0.304. The fourth-order valence-corrected chi connectivity index (χ4v) is 3.24. The molecule has 3 heterocycles. The van der Waals surface area contributed by atoms with Gasteiger partial charge in [0, 0.05) is 18.8 Å². The maximum Gasteiger partial charge on any atom is 0.433 e. The molecule has 4 rings (SSSR count). The smallest absolute Gasteiger partial charge is 0.399 e. The van der Waals surface area contributed by atoms with Crippen LogP contribution in [0.2, 0.25) is 0 Å². The van der Waals surface area contributed by atoms with E-state index in [1.807, 2.05) is 24.3 Å². The number of hydrogen-bond donors (Lipinski definition) is 1. The lowest BCUT2D eigenvalue weighted by molar-refractivity contribution is -0.401. The number of aromatic nitrogens is 3. The Morgan fingerprint density at radius 2 is 2.19 bits per heavy atom. The minimum atomic E-state index is -0.588. The van der Waals surface area contributed by atoms with Gasteiger partial charge < -0.3 is 4.42 Å². The van der Waals surface area contributed by atoms with Crippen LogP contribution in [0.1, 0.15) is 5.56 Å². The Kier molecular flexibility index (Phi) is 3.93. The minimum Gasteiger partial charge on any atom is -0.399 e. The molecule has 3 aromatic heterocycles. The van der Waals surface area contributed by atoms with Gasteiger partial charge in [0.2, 0.25) is 5.13 Å². The molecular formula is C16H12N6O3S. The number of nitrogens with one attached hydrogen (secondary N) is 1. The third-order valence-corrected chi connectivity index (χ3v) is 4.46. The van der Waals surface area contributed by atoms with E-state index in [1.165, 1.54) is 23.5 Å². The van der Waals surface area contributed by atoms with E-state index >= 15 is 0 Å². The zero-order chi connectivity index (χ0) is 18.1. The highest BCUT2D eigenvalue weighted by molar-refractivity contribution is 7.22. The number of hydrazone groups is 1. The topological polar surface area (TPSA) is 111 Å². The SMILES string of the molecule is Cn1cc(C=NNc2nc3ccccc3s2)c(-c2ccc([N+](=O)[O-])o2)n1. The van der Waals surface area contributed by atoms with Crippen molar-refractivity contribution in [3.05, 3.63) is 58.3 Å². The molecule has 0 radical (unpaired) electrons. The summed E-state index contributed by atoms with van der Waals surface area (Å²) in [5.41, 5.74) is 4.92. The molecule has 0 amide bonds. The van der Waals surface area contributed by atoms with Crippen LogP contribution in [0.15, 0.2) is 52.1 Å². The maximum atomic E-state index is 10.8. The molecule has 0 saturated carbocycles. The maximum absolute atomic E-state index is 10.8. The van der Waals surface area contributed by atoms with Gasteiger partial charge in [0.25, 0.3) is 0 Å². The van der Waals surface area contributed by atoms with Crippen LogP contribution in [0, 0.1) is 10.1 Å². The summed E-state index contributed by atoms with van der Waals surface area (Å²) in [6.07, 6.45) is 3.32. The van der Waals surface area contributed by atoms with Crippen molar-refractivity contribution >= 4 is 38.8 Å². The lowest BCUT2D eigenvalue weighted by Crippen LogP contribution is -1.90. The number of benzene rings is 1. The molecule has 1 aromatic carbocycles. The van der Waals surface area contributed by atoms with Crippen molar-refractivity contribution in [2.45, 2.75) is 0 Å². The van der Waals surface area contributed by atoms with Gasteiger partial charge in [0.05, 0.1) is 22.5 Å². The van der Waals surface area contributed by atoms with Crippen molar-refractivity contribution in [2.24, 2.45) is 12.1 Å². The predicted molar refractivity (Wildman–Crippen MR) is 98.4 cm³/mol. The van der Waals surface area contributed by atoms with Gasteiger partial charge in [-0.1, -0.05) is 23.5 Å². The second-order valence-electron chi connectivity index (χ2n) is 5.36. The molecule has 0 bridgehead atoms. The second-order valence-corrected chi connectivity index (χ2v) is 6.39. The number of nitro groups is 1. The number of hydrogen-bond acceptors (Lipinski definition) is 8. The van der Waals surface area contributed by atoms with Crippen molar-refractivity contribution < 1.29 is 9.34 Å². The Labute approximate surface area is 150 Å². The van der Waals surface area contributed by atoms with E-state index < -0.39 is 4.92 Å². The first kappa shape index (κ1) is 16.0. The standard InChI is InChI=1S/C16H12N6O3S/c1-21-9-10(15(20-21)12-6-7-14(25-12)22(23)24)8-17-19-16-18-11-4-2-3-5-13(11)26-16/h2-9H,1H3,(H,18,19). The zero-order valence-corrected chi connectivity index (χ0v) is 14.3. The van der Waals surface area contributed by atoms with Gasteiger partial charge >= 0.3 is 5.88 Å². The van der Waals surface area contributed by atoms with Crippen LogP contribution in [-0.4, -0.2) is 25.9 Å². The molecule has 1 N–H and O–H groups in total. The first-order valence-electron chi connectivity index (χ1n) is 7.53. The van der Waals surface area contributed by atoms with E-state index in [9.17, 15) is 10.1 Å². The Balaban J connectivity index is 1.57. The normalized spacial score (nSPS) is 11.4. The molecule has 0 atom stereocenters. The van der Waals surface area contributed by atoms with Gasteiger partial charge in [0.1, 0.15) is 10.6 Å². The first-order chi connectivity index (χ1) is 12.6. The largest absolute Gasteiger partial charge is 0.433 e. The molecule has 0 unspecified atom stereocenters. The summed E-state index contributed by atoms with van der Waals surface area (Å²) >= 11 is 1.49. The summed E-state index contributed by atoms with van der Waals surface area (Å²) in [6, 6.07) is 10.6. The third kappa shape index (κ3) is 3.05. The molecule has 9 nitrogen and oxygen atoms in total. The molecule has 0 aliphatic rings. The zero-order valence-electron chi connectivity index (χ0n) is 13.5. The number of nitrogens with zero attached hydrogens (tertiary/aromatic N) is 5. The van der Waals surface area contributed by atoms with Gasteiger partial charge in [-0.15, -0.1) is 0 Å². The number of para-hydroxylation sites is 1. The molecule has 0 aliphatic carbocycles. The average molecular weight is 368 g/mol. The quantitative estimate of drug-likeness (QED) is 0.327. The monoisotopic (exact) mass is 368 g/mol. The molecule has 0 fully saturated rings. The molecule has 26 heavy (non-hydrogen) atoms. The Morgan fingerprint density at radius 1 is 1.35 bits per heavy atom. The summed E-state index contributed by atoms with van der Waals surface area (Å²) in [5, 5.41) is 19.9. The van der Waals surface area contributed by atoms with Gasteiger partial charge in [-0.05, 0) is 18.2 Å². The fourth-order valence-electron chi connectivity index (χ4n) is 2.42. The highest BCUT2D eigenvalue weighted by atomic mass is 32.1. The molecule has 0 aliphatic heterocycles. The molecular weight excluding hydrogens is 356 g/mol. The summed E-state index contributed by atoms with van der Waals surface area (Å²) in [6.45, 7) is 0. The lowest BCUT2D eigenvalue weighted by atomic mass is 10.2. The van der Waals surface area contributed by atoms with Crippen molar-refractivity contribution in [2.75, 3.05) is 5.43 Å². The highest BCUT2D eigenvalue weighted by Crippen LogP contribution is 2.27.